The summed E-state index contributed by atoms with van der Waals surface area (Å²) in [4.78, 5) is 7.64. The van der Waals surface area contributed by atoms with Gasteiger partial charge in [0.15, 0.2) is 0 Å². The molecule has 0 aliphatic rings. The highest BCUT2D eigenvalue weighted by Gasteiger charge is 2.33. The van der Waals surface area contributed by atoms with Gasteiger partial charge in [-0.3, -0.25) is 0 Å². The van der Waals surface area contributed by atoms with E-state index < -0.39 is 11.7 Å². The maximum absolute atomic E-state index is 12.8. The lowest BCUT2D eigenvalue weighted by atomic mass is 10.1. The summed E-state index contributed by atoms with van der Waals surface area (Å²) >= 11 is 0. The summed E-state index contributed by atoms with van der Waals surface area (Å²) in [7, 11) is 0. The van der Waals surface area contributed by atoms with E-state index in [0.29, 0.717) is 5.56 Å². The molecule has 0 spiro atoms. The van der Waals surface area contributed by atoms with Crippen LogP contribution in [0.2, 0.25) is 0 Å². The van der Waals surface area contributed by atoms with Crippen LogP contribution in [0.5, 0.6) is 0 Å². The van der Waals surface area contributed by atoms with Gasteiger partial charge in [0, 0.05) is 11.8 Å². The van der Waals surface area contributed by atoms with Crippen molar-refractivity contribution in [2.75, 3.05) is 11.1 Å². The number of anilines is 3. The molecule has 0 saturated heterocycles. The molecule has 1 aromatic carbocycles. The van der Waals surface area contributed by atoms with E-state index in [0.717, 1.165) is 6.07 Å². The zero-order valence-electron chi connectivity index (χ0n) is 9.99. The van der Waals surface area contributed by atoms with E-state index in [1.54, 1.807) is 6.92 Å². The fourth-order valence-corrected chi connectivity index (χ4v) is 1.55. The first-order chi connectivity index (χ1) is 8.88. The number of aromatic nitrogens is 2. The van der Waals surface area contributed by atoms with E-state index in [9.17, 15) is 13.2 Å². The van der Waals surface area contributed by atoms with Crippen LogP contribution in [0.4, 0.5) is 30.6 Å². The molecule has 3 N–H and O–H groups in total. The van der Waals surface area contributed by atoms with Crippen molar-refractivity contribution in [1.82, 2.24) is 9.97 Å². The van der Waals surface area contributed by atoms with Crippen molar-refractivity contribution in [3.63, 3.8) is 0 Å². The van der Waals surface area contributed by atoms with Gasteiger partial charge in [0.05, 0.1) is 11.3 Å². The Hall–Kier alpha value is -2.31. The van der Waals surface area contributed by atoms with Gasteiger partial charge in [0.2, 0.25) is 5.95 Å². The summed E-state index contributed by atoms with van der Waals surface area (Å²) in [5.74, 6) is 0.252. The van der Waals surface area contributed by atoms with Crippen molar-refractivity contribution in [3.05, 3.63) is 41.6 Å². The smallest absolute Gasteiger partial charge is 0.368 e. The first-order valence-corrected chi connectivity index (χ1v) is 5.40. The Balaban J connectivity index is 2.41. The molecule has 7 heteroatoms. The molecule has 4 nitrogen and oxygen atoms in total. The lowest BCUT2D eigenvalue weighted by Gasteiger charge is -2.14. The van der Waals surface area contributed by atoms with Crippen LogP contribution in [-0.2, 0) is 6.18 Å². The minimum Gasteiger partial charge on any atom is -0.368 e. The van der Waals surface area contributed by atoms with Gasteiger partial charge in [-0.05, 0) is 19.1 Å². The maximum Gasteiger partial charge on any atom is 0.418 e. The third-order valence-corrected chi connectivity index (χ3v) is 2.48. The van der Waals surface area contributed by atoms with Crippen LogP contribution in [0.1, 0.15) is 11.1 Å². The predicted octanol–water partition coefficient (Wildman–Crippen LogP) is 3.13. The van der Waals surface area contributed by atoms with Crippen LogP contribution in [0, 0.1) is 6.92 Å². The van der Waals surface area contributed by atoms with Crippen LogP contribution in [0.3, 0.4) is 0 Å². The highest BCUT2D eigenvalue weighted by atomic mass is 19.4. The number of alkyl halides is 3. The molecule has 1 aromatic heterocycles. The maximum atomic E-state index is 12.8. The van der Waals surface area contributed by atoms with Crippen LogP contribution in [0.25, 0.3) is 0 Å². The molecule has 0 saturated carbocycles. The molecule has 0 bridgehead atoms. The summed E-state index contributed by atoms with van der Waals surface area (Å²) < 4.78 is 38.5. The summed E-state index contributed by atoms with van der Waals surface area (Å²) in [6, 6.07) is 5.18. The third kappa shape index (κ3) is 2.93. The highest BCUT2D eigenvalue weighted by molar-refractivity contribution is 5.63. The second-order valence-corrected chi connectivity index (χ2v) is 3.93. The number of nitrogens with zero attached hydrogens (tertiary/aromatic N) is 2. The summed E-state index contributed by atoms with van der Waals surface area (Å²) in [6.45, 7) is 1.68. The van der Waals surface area contributed by atoms with Crippen molar-refractivity contribution in [2.24, 2.45) is 0 Å². The molecule has 2 rings (SSSR count). The van der Waals surface area contributed by atoms with Crippen LogP contribution in [0.15, 0.2) is 30.5 Å². The quantitative estimate of drug-likeness (QED) is 0.878. The molecule has 0 fully saturated rings. The molecule has 19 heavy (non-hydrogen) atoms. The van der Waals surface area contributed by atoms with Gasteiger partial charge in [0.25, 0.3) is 0 Å². The summed E-state index contributed by atoms with van der Waals surface area (Å²) in [6.07, 6.45) is -2.99. The van der Waals surface area contributed by atoms with Crippen molar-refractivity contribution < 1.29 is 13.2 Å². The van der Waals surface area contributed by atoms with Gasteiger partial charge in [-0.2, -0.15) is 18.2 Å². The molecule has 1 heterocycles. The van der Waals surface area contributed by atoms with Gasteiger partial charge in [-0.15, -0.1) is 0 Å². The second-order valence-electron chi connectivity index (χ2n) is 3.93. The number of hydrogen-bond donors (Lipinski definition) is 2. The van der Waals surface area contributed by atoms with E-state index in [1.807, 2.05) is 0 Å². The Bertz CT molecular complexity index is 596. The molecule has 2 aromatic rings. The van der Waals surface area contributed by atoms with Gasteiger partial charge in [0.1, 0.15) is 5.82 Å². The molecule has 0 aliphatic carbocycles. The molecule has 0 atom stereocenters. The van der Waals surface area contributed by atoms with Crippen LogP contribution in [-0.4, -0.2) is 9.97 Å². The average Bonchev–Trinajstić information content (AvgIpc) is 2.33. The fraction of sp³-hybridized carbons (Fsp3) is 0.167. The Labute approximate surface area is 107 Å². The number of nitrogen functional groups attached to an aromatic ring is 1. The van der Waals surface area contributed by atoms with Gasteiger partial charge in [-0.25, -0.2) is 4.98 Å². The molecular weight excluding hydrogens is 257 g/mol. The molecular formula is C12H11F3N4. The lowest BCUT2D eigenvalue weighted by molar-refractivity contribution is -0.136. The summed E-state index contributed by atoms with van der Waals surface area (Å²) in [5.41, 5.74) is 5.19. The fourth-order valence-electron chi connectivity index (χ4n) is 1.55. The molecule has 0 unspecified atom stereocenters. The van der Waals surface area contributed by atoms with Crippen molar-refractivity contribution in [2.45, 2.75) is 13.1 Å². The topological polar surface area (TPSA) is 63.8 Å². The number of nitrogens with one attached hydrogen (secondary N) is 1. The number of nitrogens with two attached hydrogens (primary N) is 1. The minimum absolute atomic E-state index is 0.00223. The van der Waals surface area contributed by atoms with Gasteiger partial charge in [-0.1, -0.05) is 12.1 Å². The van der Waals surface area contributed by atoms with E-state index >= 15 is 0 Å². The number of hydrogen-bond acceptors (Lipinski definition) is 4. The zero-order valence-corrected chi connectivity index (χ0v) is 9.99. The first kappa shape index (κ1) is 13.1. The third-order valence-electron chi connectivity index (χ3n) is 2.48. The predicted molar refractivity (Wildman–Crippen MR) is 65.9 cm³/mol. The van der Waals surface area contributed by atoms with Gasteiger partial charge >= 0.3 is 6.18 Å². The minimum atomic E-state index is -4.43. The summed E-state index contributed by atoms with van der Waals surface area (Å²) in [5, 5.41) is 2.64. The number of benzene rings is 1. The normalized spacial score (nSPS) is 11.4. The van der Waals surface area contributed by atoms with E-state index in [1.165, 1.54) is 24.4 Å². The molecule has 0 aliphatic heterocycles. The largest absolute Gasteiger partial charge is 0.418 e. The first-order valence-electron chi connectivity index (χ1n) is 5.40. The monoisotopic (exact) mass is 268 g/mol. The Kier molecular flexibility index (Phi) is 3.28. The SMILES string of the molecule is Cc1cnc(N)nc1Nc1ccccc1C(F)(F)F. The standard InChI is InChI=1S/C12H11F3N4/c1-7-6-17-11(16)19-10(7)18-9-5-3-2-4-8(9)12(13,14)15/h2-6H,1H3,(H3,16,17,18,19). The Morgan fingerprint density at radius 1 is 1.21 bits per heavy atom. The molecule has 0 amide bonds. The van der Waals surface area contributed by atoms with Crippen LogP contribution >= 0.6 is 0 Å². The lowest BCUT2D eigenvalue weighted by Crippen LogP contribution is -2.10. The van der Waals surface area contributed by atoms with Crippen molar-refractivity contribution in [1.29, 1.82) is 0 Å². The van der Waals surface area contributed by atoms with E-state index in [4.69, 9.17) is 5.73 Å². The number of para-hydroxylation sites is 1. The zero-order chi connectivity index (χ0) is 14.0. The molecule has 100 valence electrons. The average molecular weight is 268 g/mol. The van der Waals surface area contributed by atoms with Crippen molar-refractivity contribution in [3.8, 4) is 0 Å². The van der Waals surface area contributed by atoms with Gasteiger partial charge < -0.3 is 11.1 Å². The second kappa shape index (κ2) is 4.75. The van der Waals surface area contributed by atoms with E-state index in [-0.39, 0.29) is 17.5 Å². The Morgan fingerprint density at radius 2 is 1.89 bits per heavy atom. The Morgan fingerprint density at radius 3 is 2.58 bits per heavy atom. The van der Waals surface area contributed by atoms with E-state index in [2.05, 4.69) is 15.3 Å². The highest BCUT2D eigenvalue weighted by Crippen LogP contribution is 2.35. The van der Waals surface area contributed by atoms with Crippen molar-refractivity contribution >= 4 is 17.5 Å². The number of aryl methyl sites for hydroxylation is 1. The molecule has 0 radical (unpaired) electrons. The van der Waals surface area contributed by atoms with Crippen LogP contribution < -0.4 is 11.1 Å². The number of rotatable bonds is 2. The number of halogens is 3.